The molecule has 0 aliphatic rings. The Morgan fingerprint density at radius 2 is 1.00 bits per heavy atom. The fourth-order valence-electron chi connectivity index (χ4n) is 7.38. The lowest BCUT2D eigenvalue weighted by atomic mass is 9.77. The van der Waals surface area contributed by atoms with Crippen molar-refractivity contribution < 1.29 is 5.11 Å². The zero-order chi connectivity index (χ0) is 36.5. The van der Waals surface area contributed by atoms with Crippen LogP contribution in [0.5, 0.6) is 5.75 Å². The maximum Gasteiger partial charge on any atom is 0.226 e. The average molecular weight is 686 g/mol. The van der Waals surface area contributed by atoms with Crippen molar-refractivity contribution in [1.82, 2.24) is 33.1 Å². The highest BCUT2D eigenvalue weighted by Crippen LogP contribution is 2.44. The number of phenolic OH excluding ortho intramolecular Hbond substituents is 1. The lowest BCUT2D eigenvalue weighted by Crippen LogP contribution is -2.17. The van der Waals surface area contributed by atoms with E-state index in [-0.39, 0.29) is 16.2 Å². The Morgan fingerprint density at radius 3 is 1.58 bits per heavy atom. The summed E-state index contributed by atoms with van der Waals surface area (Å²) in [4.78, 5) is 20.7. The van der Waals surface area contributed by atoms with Crippen LogP contribution in [0.2, 0.25) is 0 Å². The van der Waals surface area contributed by atoms with Gasteiger partial charge in [0.05, 0.1) is 27.8 Å². The van der Waals surface area contributed by atoms with Gasteiger partial charge in [0.15, 0.2) is 5.65 Å². The molecule has 0 atom stereocenters. The first-order valence-electron chi connectivity index (χ1n) is 18.0. The Hall–Kier alpha value is -5.76. The molecule has 0 radical (unpaired) electrons. The zero-order valence-corrected chi connectivity index (χ0v) is 31.2. The van der Waals surface area contributed by atoms with Crippen molar-refractivity contribution in [2.45, 2.75) is 78.6 Å². The summed E-state index contributed by atoms with van der Waals surface area (Å²) in [5.74, 6) is 2.48. The number of imidazole rings is 3. The van der Waals surface area contributed by atoms with Gasteiger partial charge in [0.1, 0.15) is 11.3 Å². The molecule has 0 saturated carbocycles. The van der Waals surface area contributed by atoms with Gasteiger partial charge in [-0.3, -0.25) is 0 Å². The van der Waals surface area contributed by atoms with Crippen LogP contribution in [0.3, 0.4) is 0 Å². The summed E-state index contributed by atoms with van der Waals surface area (Å²) in [6.07, 6.45) is 0. The Balaban J connectivity index is 1.35. The van der Waals surface area contributed by atoms with Gasteiger partial charge in [-0.25, -0.2) is 33.1 Å². The van der Waals surface area contributed by atoms with E-state index in [0.717, 1.165) is 66.9 Å². The largest absolute Gasteiger partial charge is 0.507 e. The van der Waals surface area contributed by atoms with Crippen LogP contribution in [-0.4, -0.2) is 38.2 Å². The van der Waals surface area contributed by atoms with Crippen molar-refractivity contribution in [3.8, 4) is 28.1 Å². The molecule has 260 valence electrons. The van der Waals surface area contributed by atoms with Crippen molar-refractivity contribution in [2.75, 3.05) is 0 Å². The fourth-order valence-corrected chi connectivity index (χ4v) is 7.38. The highest BCUT2D eigenvalue weighted by atomic mass is 16.3. The monoisotopic (exact) mass is 685 g/mol. The Labute approximate surface area is 302 Å². The molecule has 0 fully saturated rings. The second-order valence-corrected chi connectivity index (χ2v) is 17.2. The first kappa shape index (κ1) is 32.2. The number of para-hydroxylation sites is 4. The second-order valence-electron chi connectivity index (χ2n) is 17.2. The lowest BCUT2D eigenvalue weighted by Gasteiger charge is -2.28. The summed E-state index contributed by atoms with van der Waals surface area (Å²) >= 11 is 0. The summed E-state index contributed by atoms with van der Waals surface area (Å²) in [5, 5.41) is 11.9. The van der Waals surface area contributed by atoms with Crippen LogP contribution in [0.25, 0.3) is 72.9 Å². The molecule has 0 saturated heterocycles. The summed E-state index contributed by atoms with van der Waals surface area (Å²) < 4.78 is 6.27. The third-order valence-electron chi connectivity index (χ3n) is 10.4. The van der Waals surface area contributed by atoms with E-state index in [1.165, 1.54) is 5.56 Å². The maximum absolute atomic E-state index is 11.9. The van der Waals surface area contributed by atoms with Crippen LogP contribution in [-0.2, 0) is 16.2 Å². The van der Waals surface area contributed by atoms with E-state index >= 15 is 0 Å². The fraction of sp³-hybridized carbons (Fsp3) is 0.273. The molecule has 4 aromatic carbocycles. The molecule has 0 bridgehead atoms. The van der Waals surface area contributed by atoms with Gasteiger partial charge in [0, 0.05) is 16.7 Å². The number of phenols is 1. The molecule has 0 unspecified atom stereocenters. The number of aromatic hydroxyl groups is 1. The van der Waals surface area contributed by atoms with Crippen molar-refractivity contribution >= 4 is 50.6 Å². The van der Waals surface area contributed by atoms with Gasteiger partial charge >= 0.3 is 0 Å². The first-order valence-corrected chi connectivity index (χ1v) is 18.0. The van der Waals surface area contributed by atoms with Crippen molar-refractivity contribution in [1.29, 1.82) is 0 Å². The first-order chi connectivity index (χ1) is 24.6. The molecule has 9 aromatic rings. The van der Waals surface area contributed by atoms with Crippen LogP contribution in [0.15, 0.2) is 91.0 Å². The number of benzene rings is 4. The topological polar surface area (TPSA) is 85.0 Å². The molecule has 52 heavy (non-hydrogen) atoms. The summed E-state index contributed by atoms with van der Waals surface area (Å²) in [6.45, 7) is 19.8. The van der Waals surface area contributed by atoms with E-state index in [2.05, 4.69) is 124 Å². The number of rotatable bonds is 2. The van der Waals surface area contributed by atoms with Crippen LogP contribution in [0, 0.1) is 0 Å². The smallest absolute Gasteiger partial charge is 0.226 e. The molecule has 8 heteroatoms. The van der Waals surface area contributed by atoms with E-state index in [1.807, 2.05) is 42.5 Å². The Kier molecular flexibility index (Phi) is 6.58. The third-order valence-corrected chi connectivity index (χ3v) is 10.4. The quantitative estimate of drug-likeness (QED) is 0.196. The standard InChI is InChI=1S/C44H43N7O/c1-42(2,3)27-21-25(29-23-28(43(4,5)6)24-30(37(29)52)44(7,8)9)20-26(22-27)31-18-19-34-38(45-31)51-40-47-33-15-11-13-17-36(33)49(40)39-46-32-14-10-12-16-35(32)50(39)41(51)48-34/h10-24,52H,1-9H3. The third kappa shape index (κ3) is 4.80. The van der Waals surface area contributed by atoms with Gasteiger partial charge in [-0.2, -0.15) is 0 Å². The minimum atomic E-state index is -0.241. The predicted molar refractivity (Wildman–Crippen MR) is 212 cm³/mol. The number of hydrogen-bond acceptors (Lipinski definition) is 5. The SMILES string of the molecule is CC(C)(C)c1cc(-c2ccc3nc4n5c6ccccc6nc5n5c6ccccc6nc5n4c3n2)cc(-c2cc(C(C)(C)C)cc(C(C)(C)C)c2O)c1. The summed E-state index contributed by atoms with van der Waals surface area (Å²) in [5.41, 5.74) is 11.5. The number of fused-ring (bicyclic) bond motifs is 12. The maximum atomic E-state index is 11.9. The van der Waals surface area contributed by atoms with E-state index in [9.17, 15) is 5.11 Å². The van der Waals surface area contributed by atoms with Gasteiger partial charge in [0.2, 0.25) is 17.3 Å². The van der Waals surface area contributed by atoms with Gasteiger partial charge in [-0.05, 0) is 87.5 Å². The molecule has 0 aliphatic carbocycles. The molecule has 0 spiro atoms. The lowest BCUT2D eigenvalue weighted by molar-refractivity contribution is 0.446. The molecular formula is C44H43N7O. The molecule has 0 amide bonds. The summed E-state index contributed by atoms with van der Waals surface area (Å²) in [6, 6.07) is 31.4. The Morgan fingerprint density at radius 1 is 0.481 bits per heavy atom. The molecule has 0 aliphatic heterocycles. The van der Waals surface area contributed by atoms with E-state index in [0.29, 0.717) is 23.0 Å². The van der Waals surface area contributed by atoms with E-state index in [4.69, 9.17) is 19.9 Å². The molecule has 9 rings (SSSR count). The Bertz CT molecular complexity index is 2880. The van der Waals surface area contributed by atoms with Crippen molar-refractivity contribution in [3.63, 3.8) is 0 Å². The average Bonchev–Trinajstić information content (AvgIpc) is 3.77. The van der Waals surface area contributed by atoms with Crippen molar-refractivity contribution in [2.24, 2.45) is 0 Å². The highest BCUT2D eigenvalue weighted by molar-refractivity contribution is 5.91. The zero-order valence-electron chi connectivity index (χ0n) is 31.2. The highest BCUT2D eigenvalue weighted by Gasteiger charge is 2.27. The van der Waals surface area contributed by atoms with E-state index < -0.39 is 0 Å². The van der Waals surface area contributed by atoms with E-state index in [1.54, 1.807) is 0 Å². The number of nitrogens with zero attached hydrogens (tertiary/aromatic N) is 7. The van der Waals surface area contributed by atoms with Crippen LogP contribution in [0.1, 0.15) is 79.0 Å². The van der Waals surface area contributed by atoms with Crippen molar-refractivity contribution in [3.05, 3.63) is 108 Å². The van der Waals surface area contributed by atoms with Crippen LogP contribution in [0.4, 0.5) is 0 Å². The minimum Gasteiger partial charge on any atom is -0.507 e. The normalized spacial score (nSPS) is 13.2. The minimum absolute atomic E-state index is 0.0997. The number of pyridine rings is 1. The van der Waals surface area contributed by atoms with Gasteiger partial charge in [0.25, 0.3) is 0 Å². The van der Waals surface area contributed by atoms with Gasteiger partial charge in [-0.1, -0.05) is 98.7 Å². The summed E-state index contributed by atoms with van der Waals surface area (Å²) in [7, 11) is 0. The van der Waals surface area contributed by atoms with Crippen LogP contribution < -0.4 is 0 Å². The molecule has 5 heterocycles. The number of hydrogen-bond donors (Lipinski definition) is 1. The van der Waals surface area contributed by atoms with Gasteiger partial charge < -0.3 is 5.11 Å². The molecule has 1 N–H and O–H groups in total. The number of aromatic nitrogens is 7. The molecule has 5 aromatic heterocycles. The van der Waals surface area contributed by atoms with Gasteiger partial charge in [-0.15, -0.1) is 0 Å². The predicted octanol–water partition coefficient (Wildman–Crippen LogP) is 10.4. The molecular weight excluding hydrogens is 643 g/mol. The molecule has 8 nitrogen and oxygen atoms in total. The second kappa shape index (κ2) is 10.6. The van der Waals surface area contributed by atoms with Crippen LogP contribution >= 0.6 is 0 Å².